The summed E-state index contributed by atoms with van der Waals surface area (Å²) in [6, 6.07) is 2.49. The number of hydrogen-bond donors (Lipinski definition) is 2. The molecule has 1 fully saturated rings. The molecule has 1 aliphatic rings. The van der Waals surface area contributed by atoms with Crippen LogP contribution in [-0.4, -0.2) is 55.3 Å². The van der Waals surface area contributed by atoms with Gasteiger partial charge >= 0.3 is 0 Å². The first kappa shape index (κ1) is 19.8. The summed E-state index contributed by atoms with van der Waals surface area (Å²) in [4.78, 5) is 11.7. The van der Waals surface area contributed by atoms with Crippen LogP contribution >= 0.6 is 30.3 Å². The lowest BCUT2D eigenvalue weighted by Gasteiger charge is -2.15. The average Bonchev–Trinajstić information content (AvgIpc) is 3.29. The summed E-state index contributed by atoms with van der Waals surface area (Å²) in [6.45, 7) is 4.02. The maximum absolute atomic E-state index is 4.77. The van der Waals surface area contributed by atoms with Crippen molar-refractivity contribution in [2.45, 2.75) is 32.4 Å². The molecule has 10 heteroatoms. The predicted molar refractivity (Wildman–Crippen MR) is 124 cm³/mol. The molecular weight excluding hydrogens is 487 g/mol. The number of fused-ring (bicyclic) bond motifs is 1. The number of likely N-dealkylation sites (N-methyl/N-ethyl adjacent to an activating group) is 1. The van der Waals surface area contributed by atoms with Crippen LogP contribution in [0.1, 0.15) is 19.8 Å². The van der Waals surface area contributed by atoms with Crippen LogP contribution < -0.4 is 10.6 Å². The summed E-state index contributed by atoms with van der Waals surface area (Å²) < 4.78 is 3.98. The zero-order valence-corrected chi connectivity index (χ0v) is 19.2. The van der Waals surface area contributed by atoms with Crippen molar-refractivity contribution in [1.82, 2.24) is 28.6 Å². The summed E-state index contributed by atoms with van der Waals surface area (Å²) in [5.74, 6) is 2.21. The molecule has 0 aromatic carbocycles. The van der Waals surface area contributed by atoms with Gasteiger partial charge in [0, 0.05) is 55.3 Å². The second-order valence-corrected chi connectivity index (χ2v) is 9.25. The van der Waals surface area contributed by atoms with Crippen LogP contribution in [0, 0.1) is 5.92 Å². The van der Waals surface area contributed by atoms with E-state index < -0.39 is 0 Å². The van der Waals surface area contributed by atoms with Gasteiger partial charge in [-0.2, -0.15) is 15.1 Å². The highest BCUT2D eigenvalue weighted by molar-refractivity contribution is 14.2. The summed E-state index contributed by atoms with van der Waals surface area (Å²) in [5, 5.41) is 12.4. The van der Waals surface area contributed by atoms with Crippen LogP contribution in [0.3, 0.4) is 0 Å². The number of hydrogen-bond acceptors (Lipinski definition) is 7. The fourth-order valence-corrected chi connectivity index (χ4v) is 4.39. The number of anilines is 3. The predicted octanol–water partition coefficient (Wildman–Crippen LogP) is 3.99. The molecule has 3 aromatic rings. The van der Waals surface area contributed by atoms with Crippen molar-refractivity contribution in [2.75, 3.05) is 31.3 Å². The van der Waals surface area contributed by atoms with Gasteiger partial charge in [-0.25, -0.2) is 0 Å². The minimum atomic E-state index is 0.412. The van der Waals surface area contributed by atoms with Crippen LogP contribution in [0.25, 0.3) is 11.0 Å². The SMILES string of the molecule is C[C@H](Nc1nc(Nc2cnn(CCN(C)C)c2)nc2c1ccn2SI)C1CC1. The van der Waals surface area contributed by atoms with Crippen LogP contribution in [0.2, 0.25) is 0 Å². The van der Waals surface area contributed by atoms with E-state index in [1.165, 1.54) is 12.8 Å². The highest BCUT2D eigenvalue weighted by atomic mass is 127. The van der Waals surface area contributed by atoms with E-state index >= 15 is 0 Å². The topological polar surface area (TPSA) is 75.8 Å². The Morgan fingerprint density at radius 1 is 1.36 bits per heavy atom. The van der Waals surface area contributed by atoms with Gasteiger partial charge in [-0.15, -0.1) is 0 Å². The maximum atomic E-state index is 4.77. The van der Waals surface area contributed by atoms with Gasteiger partial charge in [0.1, 0.15) is 5.82 Å². The molecule has 0 aliphatic heterocycles. The van der Waals surface area contributed by atoms with Gasteiger partial charge in [0.25, 0.3) is 0 Å². The first-order valence-electron chi connectivity index (χ1n) is 9.42. The normalized spacial score (nSPS) is 15.3. The molecule has 1 atom stereocenters. The Morgan fingerprint density at radius 3 is 2.89 bits per heavy atom. The molecule has 0 radical (unpaired) electrons. The molecule has 0 spiro atoms. The van der Waals surface area contributed by atoms with Crippen LogP contribution in [0.5, 0.6) is 0 Å². The molecule has 4 rings (SSSR count). The van der Waals surface area contributed by atoms with Gasteiger partial charge < -0.3 is 15.5 Å². The molecular formula is C18H25IN8S. The van der Waals surface area contributed by atoms with Gasteiger partial charge in [0.05, 0.1) is 23.8 Å². The van der Waals surface area contributed by atoms with Gasteiger partial charge in [0.15, 0.2) is 5.65 Å². The van der Waals surface area contributed by atoms with Gasteiger partial charge in [-0.3, -0.25) is 8.65 Å². The Bertz CT molecular complexity index is 948. The van der Waals surface area contributed by atoms with Crippen LogP contribution in [0.15, 0.2) is 24.7 Å². The Hall–Kier alpha value is -1.53. The molecule has 0 unspecified atom stereocenters. The van der Waals surface area contributed by atoms with Crippen LogP contribution in [0.4, 0.5) is 17.5 Å². The number of rotatable bonds is 9. The van der Waals surface area contributed by atoms with Crippen molar-refractivity contribution in [3.05, 3.63) is 24.7 Å². The Kier molecular flexibility index (Phi) is 5.97. The molecule has 2 N–H and O–H groups in total. The summed E-state index contributed by atoms with van der Waals surface area (Å²) in [6.07, 6.45) is 8.43. The van der Waals surface area contributed by atoms with Crippen molar-refractivity contribution >= 4 is 58.8 Å². The van der Waals surface area contributed by atoms with Crippen molar-refractivity contribution in [3.63, 3.8) is 0 Å². The minimum absolute atomic E-state index is 0.412. The number of aromatic nitrogens is 5. The van der Waals surface area contributed by atoms with E-state index in [4.69, 9.17) is 9.97 Å². The molecule has 28 heavy (non-hydrogen) atoms. The van der Waals surface area contributed by atoms with E-state index in [1.54, 1.807) is 9.12 Å². The van der Waals surface area contributed by atoms with E-state index in [1.807, 2.05) is 23.3 Å². The molecule has 1 saturated carbocycles. The smallest absolute Gasteiger partial charge is 0.231 e. The molecule has 0 amide bonds. The van der Waals surface area contributed by atoms with E-state index in [0.717, 1.165) is 41.5 Å². The molecule has 0 bridgehead atoms. The van der Waals surface area contributed by atoms with E-state index in [-0.39, 0.29) is 0 Å². The highest BCUT2D eigenvalue weighted by Gasteiger charge is 2.28. The summed E-state index contributed by atoms with van der Waals surface area (Å²) in [7, 11) is 5.72. The first-order chi connectivity index (χ1) is 13.5. The van der Waals surface area contributed by atoms with Crippen molar-refractivity contribution in [3.8, 4) is 0 Å². The maximum Gasteiger partial charge on any atom is 0.231 e. The number of halogens is 1. The second-order valence-electron chi connectivity index (χ2n) is 7.53. The zero-order valence-electron chi connectivity index (χ0n) is 16.3. The molecule has 8 nitrogen and oxygen atoms in total. The van der Waals surface area contributed by atoms with E-state index in [9.17, 15) is 0 Å². The van der Waals surface area contributed by atoms with Crippen molar-refractivity contribution in [1.29, 1.82) is 0 Å². The Balaban J connectivity index is 1.59. The first-order valence-corrected chi connectivity index (χ1v) is 12.7. The number of nitrogens with zero attached hydrogens (tertiary/aromatic N) is 6. The summed E-state index contributed by atoms with van der Waals surface area (Å²) >= 11 is 2.27. The molecule has 3 aromatic heterocycles. The van der Waals surface area contributed by atoms with Crippen LogP contribution in [-0.2, 0) is 6.54 Å². The van der Waals surface area contributed by atoms with Gasteiger partial charge in [0.2, 0.25) is 5.95 Å². The average molecular weight is 512 g/mol. The summed E-state index contributed by atoms with van der Waals surface area (Å²) in [5.41, 5.74) is 1.79. The monoisotopic (exact) mass is 512 g/mol. The standard InChI is InChI=1S/C18H25IN8S/c1-12(13-4-5-13)21-16-15-6-7-27(28-19)17(15)24-18(23-16)22-14-10-20-26(11-14)9-8-25(2)3/h6-7,10-13H,4-5,8-9H2,1-3H3,(H2,21,22,23,24)/t12-/m0/s1. The molecule has 1 aliphatic carbocycles. The van der Waals surface area contributed by atoms with Crippen molar-refractivity contribution in [2.24, 2.45) is 5.92 Å². The van der Waals surface area contributed by atoms with E-state index in [2.05, 4.69) is 72.9 Å². The lowest BCUT2D eigenvalue weighted by atomic mass is 10.2. The van der Waals surface area contributed by atoms with Crippen molar-refractivity contribution < 1.29 is 0 Å². The third kappa shape index (κ3) is 4.54. The lowest BCUT2D eigenvalue weighted by molar-refractivity contribution is 0.373. The third-order valence-corrected chi connectivity index (χ3v) is 6.66. The molecule has 0 saturated heterocycles. The Labute approximate surface area is 181 Å². The fraction of sp³-hybridized carbons (Fsp3) is 0.500. The van der Waals surface area contributed by atoms with Gasteiger partial charge in [-0.05, 0) is 45.8 Å². The molecule has 3 heterocycles. The van der Waals surface area contributed by atoms with Gasteiger partial charge in [-0.1, -0.05) is 0 Å². The largest absolute Gasteiger partial charge is 0.367 e. The molecule has 150 valence electrons. The fourth-order valence-electron chi connectivity index (χ4n) is 3.13. The second kappa shape index (κ2) is 8.46. The lowest BCUT2D eigenvalue weighted by Crippen LogP contribution is -2.19. The third-order valence-electron chi connectivity index (χ3n) is 4.94. The number of nitrogens with one attached hydrogen (secondary N) is 2. The Morgan fingerprint density at radius 2 is 2.18 bits per heavy atom. The minimum Gasteiger partial charge on any atom is -0.367 e. The highest BCUT2D eigenvalue weighted by Crippen LogP contribution is 2.35. The quantitative estimate of drug-likeness (QED) is 0.420. The van der Waals surface area contributed by atoms with E-state index in [0.29, 0.717) is 12.0 Å². The zero-order chi connectivity index (χ0) is 19.7.